The smallest absolute Gasteiger partial charge is 0.184 e. The van der Waals surface area contributed by atoms with Crippen LogP contribution in [0.5, 0.6) is 17.2 Å². The quantitative estimate of drug-likeness (QED) is 0.692. The van der Waals surface area contributed by atoms with E-state index in [1.54, 1.807) is 30.3 Å². The summed E-state index contributed by atoms with van der Waals surface area (Å²) in [6.07, 6.45) is -1.19. The number of methoxy groups -OCH3 is 2. The Morgan fingerprint density at radius 2 is 1.68 bits per heavy atom. The Labute approximate surface area is 155 Å². The normalized spacial score (nSPS) is 12.5. The molecule has 0 radical (unpaired) electrons. The van der Waals surface area contributed by atoms with E-state index in [1.165, 1.54) is 26.4 Å². The van der Waals surface area contributed by atoms with Crippen molar-refractivity contribution in [3.05, 3.63) is 46.9 Å². The van der Waals surface area contributed by atoms with Gasteiger partial charge >= 0.3 is 0 Å². The number of ether oxygens (including phenoxy) is 3. The molecule has 0 aromatic heterocycles. The third-order valence-corrected chi connectivity index (χ3v) is 5.72. The molecular weight excluding hydrogens is 412 g/mol. The largest absolute Gasteiger partial charge is 0.497 e. The second-order valence-electron chi connectivity index (χ2n) is 5.22. The molecule has 0 aliphatic rings. The molecule has 2 aromatic carbocycles. The van der Waals surface area contributed by atoms with E-state index in [1.807, 2.05) is 0 Å². The Bertz CT molecular complexity index is 804. The first-order valence-corrected chi connectivity index (χ1v) is 9.81. The van der Waals surface area contributed by atoms with Gasteiger partial charge in [-0.3, -0.25) is 0 Å². The molecule has 136 valence electrons. The first-order chi connectivity index (χ1) is 11.9. The Kier molecular flexibility index (Phi) is 6.69. The molecule has 6 nitrogen and oxygen atoms in total. The lowest BCUT2D eigenvalue weighted by atomic mass is 10.3. The van der Waals surface area contributed by atoms with E-state index in [2.05, 4.69) is 15.9 Å². The summed E-state index contributed by atoms with van der Waals surface area (Å²) < 4.78 is 41.6. The van der Waals surface area contributed by atoms with Crippen LogP contribution in [0.25, 0.3) is 0 Å². The summed E-state index contributed by atoms with van der Waals surface area (Å²) in [4.78, 5) is -0.0305. The summed E-state index contributed by atoms with van der Waals surface area (Å²) in [5.74, 6) is 0.632. The van der Waals surface area contributed by atoms with Gasteiger partial charge in [0, 0.05) is 10.5 Å². The molecule has 1 atom stereocenters. The van der Waals surface area contributed by atoms with Crippen LogP contribution in [0.4, 0.5) is 0 Å². The van der Waals surface area contributed by atoms with Crippen LogP contribution >= 0.6 is 15.9 Å². The highest BCUT2D eigenvalue weighted by Gasteiger charge is 2.24. The molecule has 0 unspecified atom stereocenters. The van der Waals surface area contributed by atoms with E-state index >= 15 is 0 Å². The van der Waals surface area contributed by atoms with E-state index in [0.717, 1.165) is 4.47 Å². The van der Waals surface area contributed by atoms with Crippen LogP contribution in [0.1, 0.15) is 0 Å². The van der Waals surface area contributed by atoms with Crippen LogP contribution in [0.15, 0.2) is 51.8 Å². The molecule has 0 aliphatic carbocycles. The molecule has 0 aliphatic heterocycles. The number of hydrogen-bond donors (Lipinski definition) is 1. The van der Waals surface area contributed by atoms with Crippen molar-refractivity contribution in [3.8, 4) is 17.2 Å². The summed E-state index contributed by atoms with van der Waals surface area (Å²) >= 11 is 3.31. The molecule has 0 amide bonds. The Hall–Kier alpha value is -1.77. The van der Waals surface area contributed by atoms with Gasteiger partial charge in [0.25, 0.3) is 0 Å². The molecule has 0 saturated heterocycles. The van der Waals surface area contributed by atoms with Gasteiger partial charge in [0.05, 0.1) is 20.0 Å². The van der Waals surface area contributed by atoms with Crippen molar-refractivity contribution in [2.75, 3.05) is 26.6 Å². The zero-order valence-corrected chi connectivity index (χ0v) is 16.2. The highest BCUT2D eigenvalue weighted by Crippen LogP contribution is 2.29. The van der Waals surface area contributed by atoms with Gasteiger partial charge < -0.3 is 19.3 Å². The van der Waals surface area contributed by atoms with Gasteiger partial charge in [-0.1, -0.05) is 15.9 Å². The molecule has 0 heterocycles. The maximum Gasteiger partial charge on any atom is 0.184 e. The van der Waals surface area contributed by atoms with Crippen LogP contribution in [0.2, 0.25) is 0 Å². The first-order valence-electron chi connectivity index (χ1n) is 7.37. The predicted molar refractivity (Wildman–Crippen MR) is 97.2 cm³/mol. The fraction of sp³-hybridized carbons (Fsp3) is 0.294. The highest BCUT2D eigenvalue weighted by molar-refractivity contribution is 9.10. The van der Waals surface area contributed by atoms with Gasteiger partial charge in [-0.2, -0.15) is 0 Å². The fourth-order valence-corrected chi connectivity index (χ4v) is 3.94. The van der Waals surface area contributed by atoms with Crippen LogP contribution in [-0.4, -0.2) is 46.2 Å². The van der Waals surface area contributed by atoms with Crippen molar-refractivity contribution in [1.82, 2.24) is 0 Å². The number of benzene rings is 2. The second-order valence-corrected chi connectivity index (χ2v) is 8.14. The predicted octanol–water partition coefficient (Wildman–Crippen LogP) is 2.68. The molecule has 2 rings (SSSR count). The number of halogens is 1. The van der Waals surface area contributed by atoms with Gasteiger partial charge in [-0.25, -0.2) is 8.42 Å². The molecule has 1 N–H and O–H groups in total. The van der Waals surface area contributed by atoms with Crippen molar-refractivity contribution >= 4 is 25.8 Å². The lowest BCUT2D eigenvalue weighted by molar-refractivity contribution is 0.125. The molecule has 0 fully saturated rings. The van der Waals surface area contributed by atoms with Crippen molar-refractivity contribution in [2.45, 2.75) is 11.0 Å². The lowest BCUT2D eigenvalue weighted by Crippen LogP contribution is -2.27. The topological polar surface area (TPSA) is 82.1 Å². The zero-order chi connectivity index (χ0) is 18.4. The van der Waals surface area contributed by atoms with Gasteiger partial charge in [0.2, 0.25) is 0 Å². The van der Waals surface area contributed by atoms with Crippen molar-refractivity contribution in [2.24, 2.45) is 0 Å². The third-order valence-electron chi connectivity index (χ3n) is 3.37. The molecule has 25 heavy (non-hydrogen) atoms. The van der Waals surface area contributed by atoms with Crippen LogP contribution in [0.3, 0.4) is 0 Å². The molecule has 0 bridgehead atoms. The summed E-state index contributed by atoms with van der Waals surface area (Å²) in [5, 5.41) is 10.1. The maximum absolute atomic E-state index is 12.6. The molecule has 2 aromatic rings. The van der Waals surface area contributed by atoms with E-state index in [0.29, 0.717) is 11.5 Å². The number of hydrogen-bond acceptors (Lipinski definition) is 6. The summed E-state index contributed by atoms with van der Waals surface area (Å²) in [6.45, 7) is -0.146. The highest BCUT2D eigenvalue weighted by atomic mass is 79.9. The molecule has 0 saturated carbocycles. The molecule has 8 heteroatoms. The summed E-state index contributed by atoms with van der Waals surface area (Å²) in [6, 6.07) is 11.5. The van der Waals surface area contributed by atoms with Gasteiger partial charge in [-0.15, -0.1) is 0 Å². The minimum atomic E-state index is -3.79. The van der Waals surface area contributed by atoms with Crippen LogP contribution < -0.4 is 14.2 Å². The zero-order valence-electron chi connectivity index (χ0n) is 13.8. The monoisotopic (exact) mass is 430 g/mol. The number of aliphatic hydroxyl groups excluding tert-OH is 1. The average molecular weight is 431 g/mol. The lowest BCUT2D eigenvalue weighted by Gasteiger charge is -2.15. The van der Waals surface area contributed by atoms with E-state index in [-0.39, 0.29) is 17.3 Å². The van der Waals surface area contributed by atoms with E-state index in [4.69, 9.17) is 14.2 Å². The van der Waals surface area contributed by atoms with Gasteiger partial charge in [0.1, 0.15) is 34.9 Å². The second kappa shape index (κ2) is 8.55. The minimum Gasteiger partial charge on any atom is -0.497 e. The maximum atomic E-state index is 12.6. The Balaban J connectivity index is 2.08. The van der Waals surface area contributed by atoms with Crippen molar-refractivity contribution < 1.29 is 27.7 Å². The van der Waals surface area contributed by atoms with E-state index in [9.17, 15) is 13.5 Å². The standard InChI is InChI=1S/C17H19BrO6S/c1-22-15-7-8-16(23-2)17(9-15)25(20,21)11-13(19)10-24-14-5-3-12(18)4-6-14/h3-9,13,19H,10-11H2,1-2H3/t13-/m1/s1. The SMILES string of the molecule is COc1ccc(OC)c(S(=O)(=O)C[C@H](O)COc2ccc(Br)cc2)c1. The Morgan fingerprint density at radius 3 is 2.28 bits per heavy atom. The fourth-order valence-electron chi connectivity index (χ4n) is 2.14. The Morgan fingerprint density at radius 1 is 1.04 bits per heavy atom. The van der Waals surface area contributed by atoms with Gasteiger partial charge in [-0.05, 0) is 36.4 Å². The number of rotatable bonds is 8. The van der Waals surface area contributed by atoms with Crippen molar-refractivity contribution in [1.29, 1.82) is 0 Å². The van der Waals surface area contributed by atoms with Gasteiger partial charge in [0.15, 0.2) is 9.84 Å². The minimum absolute atomic E-state index is 0.0305. The molecular formula is C17H19BrO6S. The number of sulfone groups is 1. The molecule has 0 spiro atoms. The van der Waals surface area contributed by atoms with Crippen LogP contribution in [-0.2, 0) is 9.84 Å². The summed E-state index contributed by atoms with van der Waals surface area (Å²) in [5.41, 5.74) is 0. The summed E-state index contributed by atoms with van der Waals surface area (Å²) in [7, 11) is -0.962. The average Bonchev–Trinajstić information content (AvgIpc) is 2.60. The third kappa shape index (κ3) is 5.35. The van der Waals surface area contributed by atoms with Crippen molar-refractivity contribution in [3.63, 3.8) is 0 Å². The van der Waals surface area contributed by atoms with E-state index < -0.39 is 21.7 Å². The number of aliphatic hydroxyl groups is 1. The van der Waals surface area contributed by atoms with Crippen LogP contribution in [0, 0.1) is 0 Å². The first kappa shape index (κ1) is 19.6.